The molecule has 0 aliphatic heterocycles. The highest BCUT2D eigenvalue weighted by Gasteiger charge is 2.15. The Kier molecular flexibility index (Phi) is 9.87. The zero-order valence-electron chi connectivity index (χ0n) is 32.3. The molecule has 0 spiro atoms. The van der Waals surface area contributed by atoms with Gasteiger partial charge in [0.2, 0.25) is 0 Å². The van der Waals surface area contributed by atoms with Crippen molar-refractivity contribution < 1.29 is 4.57 Å². The second-order valence-corrected chi connectivity index (χ2v) is 27.0. The lowest BCUT2D eigenvalue weighted by atomic mass is 9.58. The number of hydrogen-bond donors (Lipinski definition) is 0. The molecule has 0 saturated heterocycles. The Balaban J connectivity index is 0.000000270. The van der Waals surface area contributed by atoms with Gasteiger partial charge in [-0.25, -0.2) is 0 Å². The zero-order valence-corrected chi connectivity index (χ0v) is 34.9. The first-order chi connectivity index (χ1) is 25.1. The molecule has 8 heteroatoms. The molecule has 10 aromatic rings. The largest absolute Gasteiger partial charge is 0.324 e. The third kappa shape index (κ3) is 7.43. The molecule has 0 unspecified atom stereocenters. The van der Waals surface area contributed by atoms with Gasteiger partial charge in [0, 0.05) is 48.9 Å². The van der Waals surface area contributed by atoms with E-state index in [1.807, 2.05) is 0 Å². The molecular weight excluding hydrogens is 703 g/mol. The minimum atomic E-state index is -1.64. The molecule has 0 saturated carbocycles. The Hall–Kier alpha value is -4.34. The molecule has 0 radical (unpaired) electrons. The van der Waals surface area contributed by atoms with Crippen LogP contribution < -0.4 is 0 Å². The van der Waals surface area contributed by atoms with Gasteiger partial charge in [-0.2, -0.15) is 0 Å². The second-order valence-electron chi connectivity index (χ2n) is 16.2. The number of rotatable bonds is 0. The Morgan fingerprint density at radius 1 is 0.415 bits per heavy atom. The van der Waals surface area contributed by atoms with Crippen LogP contribution >= 0.6 is 13.2 Å². The van der Waals surface area contributed by atoms with Crippen molar-refractivity contribution >= 4 is 114 Å². The molecule has 268 valence electrons. The van der Waals surface area contributed by atoms with Crippen LogP contribution in [-0.2, 0) is 16.4 Å². The monoisotopic (exact) mass is 751 g/mol. The Morgan fingerprint density at radius 2 is 0.623 bits per heavy atom. The number of para-hydroxylation sites is 3. The van der Waals surface area contributed by atoms with Crippen LogP contribution in [0.1, 0.15) is 0 Å². The van der Waals surface area contributed by atoms with Gasteiger partial charge in [0.15, 0.2) is 0 Å². The summed E-state index contributed by atoms with van der Waals surface area (Å²) in [6.07, 6.45) is 0. The van der Waals surface area contributed by atoms with Gasteiger partial charge in [0.05, 0.1) is 40.2 Å². The van der Waals surface area contributed by atoms with Crippen molar-refractivity contribution in [2.75, 3.05) is 40.0 Å². The summed E-state index contributed by atoms with van der Waals surface area (Å²) in [7, 11) is -1.64. The van der Waals surface area contributed by atoms with E-state index in [0.717, 1.165) is 6.71 Å². The fourth-order valence-corrected chi connectivity index (χ4v) is 7.13. The van der Waals surface area contributed by atoms with Crippen molar-refractivity contribution in [1.82, 2.24) is 13.2 Å². The fraction of sp³-hybridized carbons (Fsp3) is 0.200. The molecular formula is C45H48BN3OP2S. The molecule has 4 heterocycles. The summed E-state index contributed by atoms with van der Waals surface area (Å²) in [5, 5.41) is 7.64. The maximum Gasteiger partial charge on any atom is 0.130 e. The van der Waals surface area contributed by atoms with Crippen molar-refractivity contribution in [3.8, 4) is 0 Å². The Labute approximate surface area is 317 Å². The summed E-state index contributed by atoms with van der Waals surface area (Å²) in [4.78, 5) is 0. The molecule has 0 fully saturated rings. The van der Waals surface area contributed by atoms with Gasteiger partial charge < -0.3 is 17.8 Å². The zero-order chi connectivity index (χ0) is 37.8. The van der Waals surface area contributed by atoms with Gasteiger partial charge >= 0.3 is 0 Å². The quantitative estimate of drug-likeness (QED) is 0.114. The van der Waals surface area contributed by atoms with Crippen LogP contribution in [0.25, 0.3) is 82.0 Å². The highest BCUT2D eigenvalue weighted by molar-refractivity contribution is 8.13. The van der Waals surface area contributed by atoms with E-state index in [1.165, 1.54) is 82.0 Å². The van der Waals surface area contributed by atoms with E-state index in [1.54, 1.807) is 20.0 Å². The molecule has 0 aliphatic carbocycles. The molecule has 4 nitrogen and oxygen atoms in total. The van der Waals surface area contributed by atoms with E-state index in [2.05, 4.69) is 181 Å². The van der Waals surface area contributed by atoms with E-state index in [-0.39, 0.29) is 0 Å². The van der Waals surface area contributed by atoms with Gasteiger partial charge in [-0.05, 0) is 94.6 Å². The number of aromatic nitrogens is 3. The molecule has 4 aromatic heterocycles. The lowest BCUT2D eigenvalue weighted by molar-refractivity contribution is 0.586. The number of nitrogens with zero attached hydrogens (tertiary/aromatic N) is 3. The topological polar surface area (TPSA) is 30.3 Å². The third-order valence-corrected chi connectivity index (χ3v) is 8.75. The average molecular weight is 752 g/mol. The first-order valence-electron chi connectivity index (χ1n) is 18.2. The molecule has 53 heavy (non-hydrogen) atoms. The van der Waals surface area contributed by atoms with Crippen molar-refractivity contribution in [3.63, 3.8) is 0 Å². The number of benzene rings is 6. The maximum absolute atomic E-state index is 10.2. The molecule has 0 aliphatic rings. The van der Waals surface area contributed by atoms with Crippen LogP contribution in [0.4, 0.5) is 0 Å². The number of hydrogen-bond acceptors (Lipinski definition) is 2. The summed E-state index contributed by atoms with van der Waals surface area (Å²) < 4.78 is 17.5. The van der Waals surface area contributed by atoms with E-state index in [4.69, 9.17) is 11.8 Å². The lowest BCUT2D eigenvalue weighted by Gasteiger charge is -2.06. The van der Waals surface area contributed by atoms with Crippen LogP contribution in [0.5, 0.6) is 0 Å². The van der Waals surface area contributed by atoms with Crippen LogP contribution in [0.3, 0.4) is 0 Å². The molecule has 10 rings (SSSR count). The predicted octanol–water partition coefficient (Wildman–Crippen LogP) is 13.3. The Bertz CT molecular complexity index is 2750. The number of fused-ring (bicyclic) bond motifs is 15. The van der Waals surface area contributed by atoms with E-state index in [0.29, 0.717) is 0 Å². The van der Waals surface area contributed by atoms with Gasteiger partial charge in [0.1, 0.15) is 6.71 Å². The van der Waals surface area contributed by atoms with E-state index < -0.39 is 13.2 Å². The van der Waals surface area contributed by atoms with Gasteiger partial charge in [-0.15, -0.1) is 0 Å². The fourth-order valence-electron chi connectivity index (χ4n) is 7.13. The highest BCUT2D eigenvalue weighted by atomic mass is 32.4. The van der Waals surface area contributed by atoms with E-state index >= 15 is 0 Å². The third-order valence-electron chi connectivity index (χ3n) is 8.75. The SMILES string of the molecule is CB(C)C.CP(C)(C)=O.CP(C)(C)=S.c1ccc2c(c1)c1ccc3cc1n2c1ccc2c4ccccc4n(c4ccc5c6ccccc6n3c5c4)c2c1. The lowest BCUT2D eigenvalue weighted by Crippen LogP contribution is -1.90. The summed E-state index contributed by atoms with van der Waals surface area (Å²) in [6.45, 7) is 18.9. The minimum Gasteiger partial charge on any atom is -0.324 e. The van der Waals surface area contributed by atoms with Gasteiger partial charge in [0.25, 0.3) is 0 Å². The van der Waals surface area contributed by atoms with Crippen molar-refractivity contribution in [2.45, 2.75) is 20.5 Å². The molecule has 0 atom stereocenters. The van der Waals surface area contributed by atoms with Crippen LogP contribution in [0, 0.1) is 0 Å². The first-order valence-corrected chi connectivity index (χ1v) is 25.4. The Morgan fingerprint density at radius 3 is 0.868 bits per heavy atom. The van der Waals surface area contributed by atoms with Crippen LogP contribution in [0.15, 0.2) is 127 Å². The summed E-state index contributed by atoms with van der Waals surface area (Å²) in [5.74, 6) is 0. The summed E-state index contributed by atoms with van der Waals surface area (Å²) >= 11 is 4.94. The average Bonchev–Trinajstić information content (AvgIpc) is 3.71. The molecule has 6 aromatic carbocycles. The summed E-state index contributed by atoms with van der Waals surface area (Å²) in [6, 6.07) is 46.4. The standard InChI is InChI=1S/C36H21N3.C3H9B.C3H9OP.C3H9PS/c1-4-10-31-25(7-1)28-16-13-23-19-34(28)37(31)22-14-17-29-26-8-3-6-12-33(26)39(35(29)20-22)24-15-18-30-27-9-2-5-11-32(27)38(23)36(30)21-24;1-4(2)3;1-5(2,3)4;1-4(2,3)5/h1-21H;1-3H3;2*1-3H3. The first kappa shape index (κ1) is 37.0. The van der Waals surface area contributed by atoms with Gasteiger partial charge in [-0.1, -0.05) is 111 Å². The van der Waals surface area contributed by atoms with Crippen LogP contribution in [-0.4, -0.2) is 59.9 Å². The maximum atomic E-state index is 10.2. The predicted molar refractivity (Wildman–Crippen MR) is 245 cm³/mol. The van der Waals surface area contributed by atoms with Crippen LogP contribution in [0.2, 0.25) is 20.5 Å². The van der Waals surface area contributed by atoms with Crippen molar-refractivity contribution in [2.24, 2.45) is 0 Å². The minimum absolute atomic E-state index is 0.806. The molecule has 0 amide bonds. The molecule has 6 bridgehead atoms. The van der Waals surface area contributed by atoms with Gasteiger partial charge in [-0.3, -0.25) is 0 Å². The highest BCUT2D eigenvalue weighted by Crippen LogP contribution is 2.37. The second kappa shape index (κ2) is 14.1. The normalized spacial score (nSPS) is 12.0. The van der Waals surface area contributed by atoms with Crippen molar-refractivity contribution in [1.29, 1.82) is 0 Å². The van der Waals surface area contributed by atoms with Crippen molar-refractivity contribution in [3.05, 3.63) is 127 Å². The summed E-state index contributed by atoms with van der Waals surface area (Å²) in [5.41, 5.74) is 10.9. The van der Waals surface area contributed by atoms with E-state index in [9.17, 15) is 4.57 Å². The molecule has 0 N–H and O–H groups in total. The smallest absolute Gasteiger partial charge is 0.130 e.